The summed E-state index contributed by atoms with van der Waals surface area (Å²) in [6.07, 6.45) is 3.50. The van der Waals surface area contributed by atoms with E-state index in [1.807, 2.05) is 32.9 Å². The van der Waals surface area contributed by atoms with Crippen LogP contribution in [0.4, 0.5) is 11.4 Å². The molecule has 0 bridgehead atoms. The fourth-order valence-electron chi connectivity index (χ4n) is 4.49. The minimum Gasteiger partial charge on any atom is -0.351 e. The maximum atomic E-state index is 13.2. The van der Waals surface area contributed by atoms with E-state index in [-0.39, 0.29) is 24.1 Å². The number of piperidine rings is 1. The second-order valence-corrected chi connectivity index (χ2v) is 10.2. The highest BCUT2D eigenvalue weighted by atomic mass is 32.2. The normalized spacial score (nSPS) is 17.8. The van der Waals surface area contributed by atoms with E-state index < -0.39 is 5.25 Å². The van der Waals surface area contributed by atoms with Crippen LogP contribution in [0.25, 0.3) is 0 Å². The molecule has 2 aromatic carbocycles. The molecule has 0 radical (unpaired) electrons. The zero-order valence-corrected chi connectivity index (χ0v) is 21.4. The molecular weight excluding hydrogens is 460 g/mol. The number of carbonyl (C=O) groups is 3. The van der Waals surface area contributed by atoms with Gasteiger partial charge in [-0.25, -0.2) is 0 Å². The number of aliphatic imine (C=N–C) groups is 1. The second kappa shape index (κ2) is 11.1. The van der Waals surface area contributed by atoms with Crippen molar-refractivity contribution < 1.29 is 14.4 Å². The molecule has 0 aromatic heterocycles. The Morgan fingerprint density at radius 1 is 1.09 bits per heavy atom. The first-order chi connectivity index (χ1) is 16.9. The SMILES string of the molecule is CCN(C(=O)c1ccc(NC(=O)CC2SC(N3CCCCC3)=NC2=O)cc1)c1ccc(C)cc1C. The topological polar surface area (TPSA) is 82.1 Å². The lowest BCUT2D eigenvalue weighted by Crippen LogP contribution is -2.33. The highest BCUT2D eigenvalue weighted by Crippen LogP contribution is 2.29. The molecule has 4 rings (SSSR count). The number of hydrogen-bond acceptors (Lipinski definition) is 5. The number of rotatable bonds is 6. The quantitative estimate of drug-likeness (QED) is 0.627. The summed E-state index contributed by atoms with van der Waals surface area (Å²) in [6, 6.07) is 12.9. The summed E-state index contributed by atoms with van der Waals surface area (Å²) in [5.74, 6) is -0.569. The van der Waals surface area contributed by atoms with Gasteiger partial charge in [-0.2, -0.15) is 4.99 Å². The zero-order chi connectivity index (χ0) is 24.9. The number of hydrogen-bond donors (Lipinski definition) is 1. The summed E-state index contributed by atoms with van der Waals surface area (Å²) in [5, 5.41) is 3.11. The molecule has 8 heteroatoms. The summed E-state index contributed by atoms with van der Waals surface area (Å²) in [7, 11) is 0. The number of anilines is 2. The molecular formula is C27H32N4O3S. The summed E-state index contributed by atoms with van der Waals surface area (Å²) in [4.78, 5) is 46.2. The van der Waals surface area contributed by atoms with Gasteiger partial charge in [-0.3, -0.25) is 14.4 Å². The van der Waals surface area contributed by atoms with Gasteiger partial charge in [0, 0.05) is 43.0 Å². The largest absolute Gasteiger partial charge is 0.351 e. The molecule has 1 fully saturated rings. The smallest absolute Gasteiger partial charge is 0.262 e. The first-order valence-corrected chi connectivity index (χ1v) is 13.1. The van der Waals surface area contributed by atoms with E-state index in [0.29, 0.717) is 17.8 Å². The highest BCUT2D eigenvalue weighted by molar-refractivity contribution is 8.15. The van der Waals surface area contributed by atoms with Crippen LogP contribution in [-0.2, 0) is 9.59 Å². The number of thioether (sulfide) groups is 1. The molecule has 2 aromatic rings. The summed E-state index contributed by atoms with van der Waals surface area (Å²) in [6.45, 7) is 8.38. The number of nitrogens with one attached hydrogen (secondary N) is 1. The fourth-order valence-corrected chi connectivity index (χ4v) is 5.61. The Hall–Kier alpha value is -3.13. The third kappa shape index (κ3) is 5.93. The van der Waals surface area contributed by atoms with Gasteiger partial charge in [0.15, 0.2) is 5.17 Å². The van der Waals surface area contributed by atoms with E-state index in [9.17, 15) is 14.4 Å². The molecule has 1 atom stereocenters. The fraction of sp³-hybridized carbons (Fsp3) is 0.407. The summed E-state index contributed by atoms with van der Waals surface area (Å²) in [5.41, 5.74) is 4.24. The first kappa shape index (κ1) is 25.0. The van der Waals surface area contributed by atoms with Crippen LogP contribution >= 0.6 is 11.8 Å². The Morgan fingerprint density at radius 3 is 2.46 bits per heavy atom. The number of carbonyl (C=O) groups excluding carboxylic acids is 3. The van der Waals surface area contributed by atoms with Crippen LogP contribution in [0.3, 0.4) is 0 Å². The van der Waals surface area contributed by atoms with E-state index in [2.05, 4.69) is 21.3 Å². The highest BCUT2D eigenvalue weighted by Gasteiger charge is 2.33. The maximum Gasteiger partial charge on any atom is 0.262 e. The molecule has 3 amide bonds. The lowest BCUT2D eigenvalue weighted by molar-refractivity contribution is -0.121. The van der Waals surface area contributed by atoms with E-state index in [4.69, 9.17) is 0 Å². The molecule has 2 aliphatic rings. The van der Waals surface area contributed by atoms with Gasteiger partial charge in [-0.15, -0.1) is 0 Å². The van der Waals surface area contributed by atoms with E-state index in [1.165, 1.54) is 18.2 Å². The van der Waals surface area contributed by atoms with Crippen LogP contribution in [0.15, 0.2) is 47.5 Å². The predicted molar refractivity (Wildman–Crippen MR) is 142 cm³/mol. The van der Waals surface area contributed by atoms with Crippen LogP contribution in [-0.4, -0.2) is 52.7 Å². The van der Waals surface area contributed by atoms with Gasteiger partial charge < -0.3 is 15.1 Å². The van der Waals surface area contributed by atoms with Gasteiger partial charge in [0.25, 0.3) is 11.8 Å². The van der Waals surface area contributed by atoms with E-state index in [0.717, 1.165) is 47.9 Å². The zero-order valence-electron chi connectivity index (χ0n) is 20.5. The predicted octanol–water partition coefficient (Wildman–Crippen LogP) is 4.78. The van der Waals surface area contributed by atoms with Gasteiger partial charge >= 0.3 is 0 Å². The average Bonchev–Trinajstić information content (AvgIpc) is 3.21. The molecule has 35 heavy (non-hydrogen) atoms. The molecule has 1 saturated heterocycles. The molecule has 0 spiro atoms. The van der Waals surface area contributed by atoms with E-state index >= 15 is 0 Å². The van der Waals surface area contributed by atoms with Crippen molar-refractivity contribution in [1.82, 2.24) is 4.90 Å². The molecule has 2 aliphatic heterocycles. The minimum atomic E-state index is -0.483. The maximum absolute atomic E-state index is 13.2. The molecule has 0 saturated carbocycles. The molecule has 7 nitrogen and oxygen atoms in total. The third-order valence-corrected chi connectivity index (χ3v) is 7.56. The number of nitrogens with zero attached hydrogens (tertiary/aromatic N) is 3. The number of aryl methyl sites for hydroxylation is 2. The average molecular weight is 493 g/mol. The monoisotopic (exact) mass is 492 g/mol. The molecule has 184 valence electrons. The van der Waals surface area contributed by atoms with Crippen molar-refractivity contribution in [1.29, 1.82) is 0 Å². The Labute approximate surface area is 211 Å². The Kier molecular flexibility index (Phi) is 7.90. The standard InChI is InChI=1S/C27H32N4O3S/c1-4-31(22-13-8-18(2)16-19(22)3)26(34)20-9-11-21(12-10-20)28-24(32)17-23-25(33)29-27(35-23)30-14-6-5-7-15-30/h8-13,16,23H,4-7,14-15,17H2,1-3H3,(H,28,32). The van der Waals surface area contributed by atoms with Gasteiger partial charge in [0.2, 0.25) is 5.91 Å². The Bertz CT molecular complexity index is 1140. The minimum absolute atomic E-state index is 0.0708. The van der Waals surface area contributed by atoms with Crippen molar-refractivity contribution in [2.45, 2.75) is 51.7 Å². The van der Waals surface area contributed by atoms with Crippen molar-refractivity contribution in [3.05, 3.63) is 59.2 Å². The van der Waals surface area contributed by atoms with Crippen molar-refractivity contribution in [2.75, 3.05) is 29.9 Å². The van der Waals surface area contributed by atoms with Crippen LogP contribution in [0, 0.1) is 13.8 Å². The van der Waals surface area contributed by atoms with Crippen molar-refractivity contribution in [3.8, 4) is 0 Å². The van der Waals surface area contributed by atoms with Crippen LogP contribution < -0.4 is 10.2 Å². The van der Waals surface area contributed by atoms with Crippen LogP contribution in [0.2, 0.25) is 0 Å². The Morgan fingerprint density at radius 2 is 1.80 bits per heavy atom. The molecule has 2 heterocycles. The molecule has 0 aliphatic carbocycles. The summed E-state index contributed by atoms with van der Waals surface area (Å²) < 4.78 is 0. The van der Waals surface area contributed by atoms with Gasteiger partial charge in [-0.1, -0.05) is 29.5 Å². The first-order valence-electron chi connectivity index (χ1n) is 12.2. The second-order valence-electron chi connectivity index (χ2n) is 9.06. The van der Waals surface area contributed by atoms with Gasteiger partial charge in [0.1, 0.15) is 5.25 Å². The van der Waals surface area contributed by atoms with Gasteiger partial charge in [0.05, 0.1) is 0 Å². The molecule has 1 N–H and O–H groups in total. The number of amides is 3. The van der Waals surface area contributed by atoms with Crippen LogP contribution in [0.1, 0.15) is 54.1 Å². The van der Waals surface area contributed by atoms with Crippen molar-refractivity contribution >= 4 is 46.0 Å². The van der Waals surface area contributed by atoms with E-state index in [1.54, 1.807) is 29.2 Å². The van der Waals surface area contributed by atoms with Gasteiger partial charge in [-0.05, 0) is 75.9 Å². The third-order valence-electron chi connectivity index (χ3n) is 6.35. The van der Waals surface area contributed by atoms with Crippen molar-refractivity contribution in [2.24, 2.45) is 4.99 Å². The number of benzene rings is 2. The van der Waals surface area contributed by atoms with Crippen molar-refractivity contribution in [3.63, 3.8) is 0 Å². The lowest BCUT2D eigenvalue weighted by atomic mass is 10.1. The van der Waals surface area contributed by atoms with Crippen LogP contribution in [0.5, 0.6) is 0 Å². The lowest BCUT2D eigenvalue weighted by Gasteiger charge is -2.27. The number of amidine groups is 1. The summed E-state index contributed by atoms with van der Waals surface area (Å²) >= 11 is 1.39. The molecule has 1 unspecified atom stereocenters. The Balaban J connectivity index is 1.34. The number of likely N-dealkylation sites (tertiary alicyclic amines) is 1.